The number of ether oxygens (including phenoxy) is 2. The number of nitrogens with zero attached hydrogens (tertiary/aromatic N) is 2. The summed E-state index contributed by atoms with van der Waals surface area (Å²) in [5.74, 6) is 1.09. The van der Waals surface area contributed by atoms with Gasteiger partial charge in [-0.1, -0.05) is 11.6 Å². The minimum atomic E-state index is -0.102. The van der Waals surface area contributed by atoms with E-state index < -0.39 is 0 Å². The second kappa shape index (κ2) is 9.26. The molecule has 1 amide bonds. The maximum absolute atomic E-state index is 12.0. The molecule has 2 aliphatic rings. The van der Waals surface area contributed by atoms with Gasteiger partial charge in [0, 0.05) is 38.8 Å². The molecule has 7 heteroatoms. The number of hydrogen-bond acceptors (Lipinski definition) is 5. The van der Waals surface area contributed by atoms with E-state index in [4.69, 9.17) is 21.1 Å². The Balaban J connectivity index is 1.41. The van der Waals surface area contributed by atoms with Crippen LogP contribution in [0, 0.1) is 0 Å². The highest BCUT2D eigenvalue weighted by molar-refractivity contribution is 6.32. The van der Waals surface area contributed by atoms with Gasteiger partial charge in [-0.05, 0) is 43.8 Å². The van der Waals surface area contributed by atoms with Gasteiger partial charge in [-0.3, -0.25) is 4.79 Å². The van der Waals surface area contributed by atoms with Crippen molar-refractivity contribution >= 4 is 23.6 Å². The zero-order chi connectivity index (χ0) is 18.4. The summed E-state index contributed by atoms with van der Waals surface area (Å²) in [4.78, 5) is 16.8. The maximum atomic E-state index is 12.0. The molecule has 1 aromatic rings. The fourth-order valence-corrected chi connectivity index (χ4v) is 3.32. The monoisotopic (exact) mass is 379 g/mol. The van der Waals surface area contributed by atoms with Crippen LogP contribution >= 0.6 is 11.6 Å². The summed E-state index contributed by atoms with van der Waals surface area (Å²) in [5.41, 5.74) is 0.812. The van der Waals surface area contributed by atoms with Crippen molar-refractivity contribution < 1.29 is 14.3 Å². The van der Waals surface area contributed by atoms with Crippen LogP contribution in [0.3, 0.4) is 0 Å². The third kappa shape index (κ3) is 5.37. The van der Waals surface area contributed by atoms with Crippen LogP contribution < -0.4 is 14.8 Å². The van der Waals surface area contributed by atoms with Gasteiger partial charge in [0.05, 0.1) is 5.02 Å². The Kier molecular flexibility index (Phi) is 6.77. The van der Waals surface area contributed by atoms with Crippen molar-refractivity contribution in [2.75, 3.05) is 59.5 Å². The molecule has 26 heavy (non-hydrogen) atoms. The molecule has 2 aliphatic heterocycles. The average Bonchev–Trinajstić information content (AvgIpc) is 2.65. The van der Waals surface area contributed by atoms with Crippen LogP contribution in [0.25, 0.3) is 6.08 Å². The van der Waals surface area contributed by atoms with E-state index in [1.807, 2.05) is 6.07 Å². The molecular formula is C19H26ClN3O3. The number of fused-ring (bicyclic) bond motifs is 1. The Morgan fingerprint density at radius 1 is 1.23 bits per heavy atom. The second-order valence-electron chi connectivity index (χ2n) is 6.65. The normalized spacial score (nSPS) is 18.2. The first-order valence-electron chi connectivity index (χ1n) is 9.08. The Morgan fingerprint density at radius 3 is 2.81 bits per heavy atom. The SMILES string of the molecule is CN1CCN(CCCNC(=O)/C=C/c2cc(Cl)c3c(c2)OCCO3)CC1. The quantitative estimate of drug-likeness (QED) is 0.604. The van der Waals surface area contributed by atoms with E-state index in [2.05, 4.69) is 22.2 Å². The Bertz CT molecular complexity index is 658. The predicted molar refractivity (Wildman–Crippen MR) is 103 cm³/mol. The fraction of sp³-hybridized carbons (Fsp3) is 0.526. The molecule has 0 spiro atoms. The van der Waals surface area contributed by atoms with E-state index in [9.17, 15) is 4.79 Å². The molecule has 1 saturated heterocycles. The molecule has 1 N–H and O–H groups in total. The third-order valence-electron chi connectivity index (χ3n) is 4.59. The fourth-order valence-electron chi connectivity index (χ4n) is 3.04. The topological polar surface area (TPSA) is 54.0 Å². The molecule has 0 saturated carbocycles. The predicted octanol–water partition coefficient (Wildman–Crippen LogP) is 1.88. The number of amides is 1. The van der Waals surface area contributed by atoms with E-state index in [0.717, 1.165) is 44.7 Å². The zero-order valence-corrected chi connectivity index (χ0v) is 15.9. The summed E-state index contributed by atoms with van der Waals surface area (Å²) >= 11 is 6.20. The summed E-state index contributed by atoms with van der Waals surface area (Å²) < 4.78 is 11.0. The minimum absolute atomic E-state index is 0.102. The average molecular weight is 380 g/mol. The summed E-state index contributed by atoms with van der Waals surface area (Å²) in [7, 11) is 2.15. The number of carbonyl (C=O) groups is 1. The molecule has 1 aromatic carbocycles. The molecular weight excluding hydrogens is 354 g/mol. The van der Waals surface area contributed by atoms with E-state index in [1.54, 1.807) is 12.1 Å². The van der Waals surface area contributed by atoms with Crippen LogP contribution in [0.2, 0.25) is 5.02 Å². The molecule has 142 valence electrons. The van der Waals surface area contributed by atoms with Gasteiger partial charge in [-0.2, -0.15) is 0 Å². The lowest BCUT2D eigenvalue weighted by Crippen LogP contribution is -2.45. The summed E-state index contributed by atoms with van der Waals surface area (Å²) in [6, 6.07) is 3.60. The van der Waals surface area contributed by atoms with Crippen LogP contribution in [-0.4, -0.2) is 75.2 Å². The molecule has 6 nitrogen and oxygen atoms in total. The molecule has 0 aliphatic carbocycles. The molecule has 0 bridgehead atoms. The highest BCUT2D eigenvalue weighted by Crippen LogP contribution is 2.38. The van der Waals surface area contributed by atoms with Crippen molar-refractivity contribution in [3.8, 4) is 11.5 Å². The van der Waals surface area contributed by atoms with Gasteiger partial charge in [-0.25, -0.2) is 0 Å². The standard InChI is InChI=1S/C19H26ClN3O3/c1-22-7-9-23(10-8-22)6-2-5-21-18(24)4-3-15-13-16(20)19-17(14-15)25-11-12-26-19/h3-4,13-14H,2,5-12H2,1H3,(H,21,24)/b4-3+. The van der Waals surface area contributed by atoms with Crippen molar-refractivity contribution in [3.63, 3.8) is 0 Å². The van der Waals surface area contributed by atoms with Crippen molar-refractivity contribution in [1.29, 1.82) is 0 Å². The van der Waals surface area contributed by atoms with Gasteiger partial charge < -0.3 is 24.6 Å². The van der Waals surface area contributed by atoms with Crippen LogP contribution in [-0.2, 0) is 4.79 Å². The lowest BCUT2D eigenvalue weighted by Gasteiger charge is -2.32. The number of piperazine rings is 1. The van der Waals surface area contributed by atoms with E-state index >= 15 is 0 Å². The third-order valence-corrected chi connectivity index (χ3v) is 4.87. The maximum Gasteiger partial charge on any atom is 0.243 e. The molecule has 0 atom stereocenters. The minimum Gasteiger partial charge on any atom is -0.486 e. The van der Waals surface area contributed by atoms with Crippen molar-refractivity contribution in [2.45, 2.75) is 6.42 Å². The van der Waals surface area contributed by atoms with Crippen LogP contribution in [0.1, 0.15) is 12.0 Å². The van der Waals surface area contributed by atoms with Gasteiger partial charge in [0.15, 0.2) is 11.5 Å². The molecule has 0 aromatic heterocycles. The van der Waals surface area contributed by atoms with Crippen molar-refractivity contribution in [3.05, 3.63) is 28.8 Å². The van der Waals surface area contributed by atoms with Gasteiger partial charge in [0.25, 0.3) is 0 Å². The summed E-state index contributed by atoms with van der Waals surface area (Å²) in [6.07, 6.45) is 4.22. The molecule has 2 heterocycles. The second-order valence-corrected chi connectivity index (χ2v) is 7.06. The molecule has 1 fully saturated rings. The highest BCUT2D eigenvalue weighted by Gasteiger charge is 2.16. The number of rotatable bonds is 6. The van der Waals surface area contributed by atoms with Crippen molar-refractivity contribution in [2.24, 2.45) is 0 Å². The first kappa shape index (κ1) is 19.0. The van der Waals surface area contributed by atoms with Crippen molar-refractivity contribution in [1.82, 2.24) is 15.1 Å². The van der Waals surface area contributed by atoms with E-state index in [1.165, 1.54) is 6.08 Å². The first-order chi connectivity index (χ1) is 12.6. The largest absolute Gasteiger partial charge is 0.486 e. The van der Waals surface area contributed by atoms with Crippen LogP contribution in [0.4, 0.5) is 0 Å². The molecule has 0 radical (unpaired) electrons. The zero-order valence-electron chi connectivity index (χ0n) is 15.2. The van der Waals surface area contributed by atoms with Gasteiger partial charge in [0.2, 0.25) is 5.91 Å². The van der Waals surface area contributed by atoms with E-state index in [0.29, 0.717) is 36.3 Å². The van der Waals surface area contributed by atoms with Crippen LogP contribution in [0.5, 0.6) is 11.5 Å². The lowest BCUT2D eigenvalue weighted by atomic mass is 10.1. The number of nitrogens with one attached hydrogen (secondary N) is 1. The molecule has 3 rings (SSSR count). The van der Waals surface area contributed by atoms with Gasteiger partial charge >= 0.3 is 0 Å². The van der Waals surface area contributed by atoms with Crippen LogP contribution in [0.15, 0.2) is 18.2 Å². The number of carbonyl (C=O) groups excluding carboxylic acids is 1. The summed E-state index contributed by atoms with van der Waals surface area (Å²) in [5, 5.41) is 3.42. The Labute approximate surface area is 159 Å². The Morgan fingerprint density at radius 2 is 2.00 bits per heavy atom. The highest BCUT2D eigenvalue weighted by atomic mass is 35.5. The molecule has 0 unspecified atom stereocenters. The first-order valence-corrected chi connectivity index (χ1v) is 9.45. The number of hydrogen-bond donors (Lipinski definition) is 1. The lowest BCUT2D eigenvalue weighted by molar-refractivity contribution is -0.116. The Hall–Kier alpha value is -1.76. The van der Waals surface area contributed by atoms with E-state index in [-0.39, 0.29) is 5.91 Å². The summed E-state index contributed by atoms with van der Waals surface area (Å²) in [6.45, 7) is 7.15. The number of likely N-dealkylation sites (N-methyl/N-ethyl adjacent to an activating group) is 1. The van der Waals surface area contributed by atoms with Gasteiger partial charge in [0.1, 0.15) is 13.2 Å². The smallest absolute Gasteiger partial charge is 0.243 e. The van der Waals surface area contributed by atoms with Gasteiger partial charge in [-0.15, -0.1) is 0 Å². The number of halogens is 1. The number of benzene rings is 1.